The van der Waals surface area contributed by atoms with Gasteiger partial charge < -0.3 is 4.98 Å². The summed E-state index contributed by atoms with van der Waals surface area (Å²) in [6, 6.07) is 6.30. The van der Waals surface area contributed by atoms with E-state index >= 15 is 0 Å². The molecule has 0 atom stereocenters. The summed E-state index contributed by atoms with van der Waals surface area (Å²) in [5.74, 6) is 0. The smallest absolute Gasteiger partial charge is 0.200 e. The van der Waals surface area contributed by atoms with Crippen molar-refractivity contribution in [1.29, 1.82) is 0 Å². The second kappa shape index (κ2) is 3.46. The van der Waals surface area contributed by atoms with Gasteiger partial charge in [0.1, 0.15) is 0 Å². The maximum Gasteiger partial charge on any atom is 0.200 e. The molecule has 0 saturated heterocycles. The quantitative estimate of drug-likeness (QED) is 0.762. The normalized spacial score (nSPS) is 10.5. The lowest BCUT2D eigenvalue weighted by molar-refractivity contribution is 1.30. The predicted molar refractivity (Wildman–Crippen MR) is 58.5 cm³/mol. The highest BCUT2D eigenvalue weighted by Crippen LogP contribution is 2.23. The molecule has 1 N–H and O–H groups in total. The zero-order valence-corrected chi connectivity index (χ0v) is 8.89. The number of imidazole rings is 1. The SMILES string of the molecule is Cc1ccc(-c2cnc(Cl)[nH]2)c(C)c1. The first-order chi connectivity index (χ1) is 6.66. The van der Waals surface area contributed by atoms with Crippen molar-refractivity contribution in [2.75, 3.05) is 0 Å². The lowest BCUT2D eigenvalue weighted by atomic mass is 10.0. The summed E-state index contributed by atoms with van der Waals surface area (Å²) in [5, 5.41) is 0.431. The van der Waals surface area contributed by atoms with E-state index in [1.54, 1.807) is 6.20 Å². The number of hydrogen-bond donors (Lipinski definition) is 1. The van der Waals surface area contributed by atoms with Crippen molar-refractivity contribution in [1.82, 2.24) is 9.97 Å². The molecule has 0 amide bonds. The van der Waals surface area contributed by atoms with Crippen LogP contribution < -0.4 is 0 Å². The fourth-order valence-electron chi connectivity index (χ4n) is 1.55. The number of aryl methyl sites for hydroxylation is 2. The first kappa shape index (κ1) is 9.28. The van der Waals surface area contributed by atoms with Crippen molar-refractivity contribution >= 4 is 11.6 Å². The van der Waals surface area contributed by atoms with Gasteiger partial charge in [-0.2, -0.15) is 0 Å². The Morgan fingerprint density at radius 2 is 2.07 bits per heavy atom. The summed E-state index contributed by atoms with van der Waals surface area (Å²) < 4.78 is 0. The minimum absolute atomic E-state index is 0.431. The van der Waals surface area contributed by atoms with Gasteiger partial charge >= 0.3 is 0 Å². The third-order valence-electron chi connectivity index (χ3n) is 2.22. The van der Waals surface area contributed by atoms with Gasteiger partial charge in [0.15, 0.2) is 5.28 Å². The van der Waals surface area contributed by atoms with Crippen molar-refractivity contribution < 1.29 is 0 Å². The van der Waals surface area contributed by atoms with Crippen LogP contribution in [-0.2, 0) is 0 Å². The van der Waals surface area contributed by atoms with Crippen LogP contribution in [0.4, 0.5) is 0 Å². The highest BCUT2D eigenvalue weighted by atomic mass is 35.5. The maximum absolute atomic E-state index is 5.73. The Hall–Kier alpha value is -1.28. The van der Waals surface area contributed by atoms with E-state index in [0.29, 0.717) is 5.28 Å². The van der Waals surface area contributed by atoms with E-state index in [4.69, 9.17) is 11.6 Å². The Bertz CT molecular complexity index is 460. The summed E-state index contributed by atoms with van der Waals surface area (Å²) in [6.07, 6.45) is 1.75. The average molecular weight is 207 g/mol. The van der Waals surface area contributed by atoms with Gasteiger partial charge in [-0.05, 0) is 31.0 Å². The van der Waals surface area contributed by atoms with Crippen LogP contribution in [0.3, 0.4) is 0 Å². The van der Waals surface area contributed by atoms with Crippen molar-refractivity contribution in [3.63, 3.8) is 0 Å². The molecular weight excluding hydrogens is 196 g/mol. The van der Waals surface area contributed by atoms with Gasteiger partial charge in [-0.25, -0.2) is 4.98 Å². The van der Waals surface area contributed by atoms with Crippen molar-refractivity contribution in [2.45, 2.75) is 13.8 Å². The largest absolute Gasteiger partial charge is 0.329 e. The van der Waals surface area contributed by atoms with Gasteiger partial charge in [0.2, 0.25) is 0 Å². The summed E-state index contributed by atoms with van der Waals surface area (Å²) in [6.45, 7) is 4.16. The number of hydrogen-bond acceptors (Lipinski definition) is 1. The molecule has 0 aliphatic rings. The lowest BCUT2D eigenvalue weighted by Crippen LogP contribution is -1.84. The molecule has 0 aliphatic carbocycles. The third-order valence-corrected chi connectivity index (χ3v) is 2.41. The van der Waals surface area contributed by atoms with E-state index in [2.05, 4.69) is 42.0 Å². The van der Waals surface area contributed by atoms with Crippen LogP contribution in [0.5, 0.6) is 0 Å². The molecule has 0 spiro atoms. The van der Waals surface area contributed by atoms with Crippen molar-refractivity contribution in [3.8, 4) is 11.3 Å². The average Bonchev–Trinajstić information content (AvgIpc) is 2.51. The van der Waals surface area contributed by atoms with Gasteiger partial charge in [-0.3, -0.25) is 0 Å². The predicted octanol–water partition coefficient (Wildman–Crippen LogP) is 3.35. The molecule has 14 heavy (non-hydrogen) atoms. The van der Waals surface area contributed by atoms with Crippen molar-refractivity contribution in [3.05, 3.63) is 40.8 Å². The lowest BCUT2D eigenvalue weighted by Gasteiger charge is -2.03. The van der Waals surface area contributed by atoms with Crippen LogP contribution in [0.25, 0.3) is 11.3 Å². The molecule has 1 heterocycles. The molecule has 1 aromatic carbocycles. The van der Waals surface area contributed by atoms with E-state index in [0.717, 1.165) is 11.3 Å². The highest BCUT2D eigenvalue weighted by molar-refractivity contribution is 6.28. The number of nitrogens with one attached hydrogen (secondary N) is 1. The Morgan fingerprint density at radius 1 is 1.29 bits per heavy atom. The monoisotopic (exact) mass is 206 g/mol. The van der Waals surface area contributed by atoms with E-state index in [1.807, 2.05) is 0 Å². The van der Waals surface area contributed by atoms with Gasteiger partial charge in [-0.15, -0.1) is 0 Å². The minimum atomic E-state index is 0.431. The first-order valence-corrected chi connectivity index (χ1v) is 4.83. The molecule has 0 saturated carbocycles. The molecule has 0 bridgehead atoms. The van der Waals surface area contributed by atoms with Crippen LogP contribution in [-0.4, -0.2) is 9.97 Å². The number of halogens is 1. The third kappa shape index (κ3) is 1.66. The minimum Gasteiger partial charge on any atom is -0.329 e. The fraction of sp³-hybridized carbons (Fsp3) is 0.182. The zero-order chi connectivity index (χ0) is 10.1. The Balaban J connectivity index is 2.52. The number of rotatable bonds is 1. The van der Waals surface area contributed by atoms with Crippen LogP contribution >= 0.6 is 11.6 Å². The summed E-state index contributed by atoms with van der Waals surface area (Å²) in [5.41, 5.74) is 4.60. The van der Waals surface area contributed by atoms with Crippen LogP contribution in [0.1, 0.15) is 11.1 Å². The topological polar surface area (TPSA) is 28.7 Å². The number of nitrogens with zero attached hydrogens (tertiary/aromatic N) is 1. The Morgan fingerprint density at radius 3 is 2.64 bits per heavy atom. The van der Waals surface area contributed by atoms with E-state index in [9.17, 15) is 0 Å². The molecule has 1 aromatic heterocycles. The molecular formula is C11H11ClN2. The van der Waals surface area contributed by atoms with Crippen LogP contribution in [0, 0.1) is 13.8 Å². The van der Waals surface area contributed by atoms with Crippen LogP contribution in [0.15, 0.2) is 24.4 Å². The second-order valence-electron chi connectivity index (χ2n) is 3.41. The molecule has 0 radical (unpaired) electrons. The summed E-state index contributed by atoms with van der Waals surface area (Å²) in [4.78, 5) is 6.97. The van der Waals surface area contributed by atoms with E-state index in [-0.39, 0.29) is 0 Å². The van der Waals surface area contributed by atoms with Gasteiger partial charge in [0, 0.05) is 5.56 Å². The molecule has 0 fully saturated rings. The Labute approximate surface area is 88.0 Å². The zero-order valence-electron chi connectivity index (χ0n) is 8.13. The molecule has 0 aliphatic heterocycles. The fourth-order valence-corrected chi connectivity index (χ4v) is 1.70. The first-order valence-electron chi connectivity index (χ1n) is 4.45. The summed E-state index contributed by atoms with van der Waals surface area (Å²) in [7, 11) is 0. The van der Waals surface area contributed by atoms with Gasteiger partial charge in [0.25, 0.3) is 0 Å². The number of benzene rings is 1. The molecule has 2 rings (SSSR count). The molecule has 0 unspecified atom stereocenters. The van der Waals surface area contributed by atoms with Crippen LogP contribution in [0.2, 0.25) is 5.28 Å². The highest BCUT2D eigenvalue weighted by Gasteiger charge is 2.04. The standard InChI is InChI=1S/C11H11ClN2/c1-7-3-4-9(8(2)5-7)10-6-13-11(12)14-10/h3-6H,1-2H3,(H,13,14). The maximum atomic E-state index is 5.73. The van der Waals surface area contributed by atoms with Gasteiger partial charge in [-0.1, -0.05) is 23.8 Å². The number of aromatic nitrogens is 2. The molecule has 72 valence electrons. The Kier molecular flexibility index (Phi) is 2.30. The molecule has 2 aromatic rings. The van der Waals surface area contributed by atoms with E-state index < -0.39 is 0 Å². The number of H-pyrrole nitrogens is 1. The van der Waals surface area contributed by atoms with Crippen molar-refractivity contribution in [2.24, 2.45) is 0 Å². The molecule has 2 nitrogen and oxygen atoms in total. The number of aromatic amines is 1. The van der Waals surface area contributed by atoms with E-state index in [1.165, 1.54) is 11.1 Å². The summed E-state index contributed by atoms with van der Waals surface area (Å²) >= 11 is 5.73. The second-order valence-corrected chi connectivity index (χ2v) is 3.76. The van der Waals surface area contributed by atoms with Gasteiger partial charge in [0.05, 0.1) is 11.9 Å². The molecule has 3 heteroatoms.